The standard InChI is InChI=1S/C13H21N3O4S/c1-8(2)10(4)15(5)21(19,20)13-7-12(16(17)18)11(14)6-9(13)3/h6-8,10H,14H2,1-5H3. The van der Waals surface area contributed by atoms with Crippen molar-refractivity contribution in [2.75, 3.05) is 12.8 Å². The Morgan fingerprint density at radius 3 is 2.24 bits per heavy atom. The number of benzene rings is 1. The van der Waals surface area contributed by atoms with Crippen LogP contribution in [0.25, 0.3) is 0 Å². The zero-order valence-corrected chi connectivity index (χ0v) is 13.6. The summed E-state index contributed by atoms with van der Waals surface area (Å²) in [5.74, 6) is 0.119. The van der Waals surface area contributed by atoms with Gasteiger partial charge in [0.2, 0.25) is 10.0 Å². The second-order valence-electron chi connectivity index (χ2n) is 5.44. The molecular weight excluding hydrogens is 294 g/mol. The van der Waals surface area contributed by atoms with E-state index in [2.05, 4.69) is 0 Å². The smallest absolute Gasteiger partial charge is 0.293 e. The number of hydrogen-bond donors (Lipinski definition) is 1. The Morgan fingerprint density at radius 1 is 1.29 bits per heavy atom. The lowest BCUT2D eigenvalue weighted by Crippen LogP contribution is -2.38. The average Bonchev–Trinajstić information content (AvgIpc) is 2.35. The monoisotopic (exact) mass is 315 g/mol. The molecule has 1 unspecified atom stereocenters. The van der Waals surface area contributed by atoms with Gasteiger partial charge in [-0.05, 0) is 31.4 Å². The van der Waals surface area contributed by atoms with Crippen molar-refractivity contribution in [3.05, 3.63) is 27.8 Å². The molecule has 0 aliphatic rings. The molecule has 0 spiro atoms. The minimum Gasteiger partial charge on any atom is -0.393 e. The van der Waals surface area contributed by atoms with E-state index < -0.39 is 20.6 Å². The van der Waals surface area contributed by atoms with Gasteiger partial charge in [0, 0.05) is 19.2 Å². The molecule has 0 aliphatic heterocycles. The van der Waals surface area contributed by atoms with E-state index in [1.54, 1.807) is 13.8 Å². The summed E-state index contributed by atoms with van der Waals surface area (Å²) < 4.78 is 26.5. The highest BCUT2D eigenvalue weighted by Gasteiger charge is 2.30. The molecule has 8 heteroatoms. The van der Waals surface area contributed by atoms with E-state index in [4.69, 9.17) is 5.73 Å². The van der Waals surface area contributed by atoms with Crippen molar-refractivity contribution in [3.63, 3.8) is 0 Å². The summed E-state index contributed by atoms with van der Waals surface area (Å²) in [4.78, 5) is 10.2. The number of anilines is 1. The molecule has 0 saturated carbocycles. The van der Waals surface area contributed by atoms with E-state index >= 15 is 0 Å². The number of nitro groups is 1. The van der Waals surface area contributed by atoms with Crippen LogP contribution in [-0.2, 0) is 10.0 Å². The molecule has 0 saturated heterocycles. The van der Waals surface area contributed by atoms with Gasteiger partial charge in [-0.3, -0.25) is 10.1 Å². The van der Waals surface area contributed by atoms with Crippen molar-refractivity contribution >= 4 is 21.4 Å². The number of hydrogen-bond acceptors (Lipinski definition) is 5. The largest absolute Gasteiger partial charge is 0.393 e. The topological polar surface area (TPSA) is 107 Å². The number of nitrogens with zero attached hydrogens (tertiary/aromatic N) is 2. The predicted molar refractivity (Wildman–Crippen MR) is 81.5 cm³/mol. The fraction of sp³-hybridized carbons (Fsp3) is 0.538. The molecule has 118 valence electrons. The Hall–Kier alpha value is -1.67. The minimum absolute atomic E-state index is 0.0454. The van der Waals surface area contributed by atoms with Gasteiger partial charge in [0.25, 0.3) is 5.69 Å². The lowest BCUT2D eigenvalue weighted by Gasteiger charge is -2.27. The third-order valence-electron chi connectivity index (χ3n) is 3.72. The first kappa shape index (κ1) is 17.4. The van der Waals surface area contributed by atoms with Gasteiger partial charge >= 0.3 is 0 Å². The van der Waals surface area contributed by atoms with Crippen LogP contribution in [0.4, 0.5) is 11.4 Å². The maximum absolute atomic E-state index is 12.6. The van der Waals surface area contributed by atoms with Crippen LogP contribution in [0.3, 0.4) is 0 Å². The normalized spacial score (nSPS) is 13.7. The van der Waals surface area contributed by atoms with Gasteiger partial charge < -0.3 is 5.73 Å². The average molecular weight is 315 g/mol. The number of rotatable bonds is 5. The number of nitro benzene ring substituents is 1. The van der Waals surface area contributed by atoms with E-state index in [9.17, 15) is 18.5 Å². The van der Waals surface area contributed by atoms with E-state index in [-0.39, 0.29) is 22.5 Å². The summed E-state index contributed by atoms with van der Waals surface area (Å²) in [6.45, 7) is 7.19. The molecule has 2 N–H and O–H groups in total. The lowest BCUT2D eigenvalue weighted by molar-refractivity contribution is -0.384. The number of nitrogens with two attached hydrogens (primary N) is 1. The van der Waals surface area contributed by atoms with Gasteiger partial charge in [0.1, 0.15) is 5.69 Å². The van der Waals surface area contributed by atoms with Crippen LogP contribution >= 0.6 is 0 Å². The van der Waals surface area contributed by atoms with Crippen LogP contribution < -0.4 is 5.73 Å². The van der Waals surface area contributed by atoms with Crippen LogP contribution in [0.5, 0.6) is 0 Å². The van der Waals surface area contributed by atoms with Crippen LogP contribution in [0.15, 0.2) is 17.0 Å². The zero-order valence-electron chi connectivity index (χ0n) is 12.8. The molecule has 0 aromatic heterocycles. The van der Waals surface area contributed by atoms with E-state index in [1.807, 2.05) is 13.8 Å². The Balaban J connectivity index is 3.45. The van der Waals surface area contributed by atoms with Crippen LogP contribution in [0.1, 0.15) is 26.3 Å². The maximum atomic E-state index is 12.6. The van der Waals surface area contributed by atoms with Gasteiger partial charge in [-0.2, -0.15) is 4.31 Å². The Kier molecular flexibility index (Phi) is 4.95. The highest BCUT2D eigenvalue weighted by molar-refractivity contribution is 7.89. The molecule has 0 radical (unpaired) electrons. The Bertz CT molecular complexity index is 656. The Labute approximate surface area is 124 Å². The molecule has 1 rings (SSSR count). The van der Waals surface area contributed by atoms with Crippen molar-refractivity contribution in [1.29, 1.82) is 0 Å². The van der Waals surface area contributed by atoms with Crippen molar-refractivity contribution in [3.8, 4) is 0 Å². The molecule has 0 fully saturated rings. The number of sulfonamides is 1. The molecule has 0 heterocycles. The summed E-state index contributed by atoms with van der Waals surface area (Å²) in [7, 11) is -2.34. The highest BCUT2D eigenvalue weighted by Crippen LogP contribution is 2.30. The molecule has 1 aromatic rings. The first-order valence-corrected chi connectivity index (χ1v) is 7.96. The molecule has 21 heavy (non-hydrogen) atoms. The second-order valence-corrected chi connectivity index (χ2v) is 7.41. The minimum atomic E-state index is -3.81. The van der Waals surface area contributed by atoms with E-state index in [1.165, 1.54) is 17.4 Å². The third kappa shape index (κ3) is 3.33. The summed E-state index contributed by atoms with van der Waals surface area (Å²) in [5.41, 5.74) is 5.51. The molecular formula is C13H21N3O4S. The molecule has 1 aromatic carbocycles. The van der Waals surface area contributed by atoms with Crippen LogP contribution in [0, 0.1) is 23.0 Å². The summed E-state index contributed by atoms with van der Waals surface area (Å²) in [6.07, 6.45) is 0. The van der Waals surface area contributed by atoms with Crippen molar-refractivity contribution in [2.45, 2.75) is 38.6 Å². The van der Waals surface area contributed by atoms with Crippen molar-refractivity contribution in [2.24, 2.45) is 5.92 Å². The second kappa shape index (κ2) is 5.98. The summed E-state index contributed by atoms with van der Waals surface area (Å²) in [6, 6.07) is 2.12. The predicted octanol–water partition coefficient (Wildman–Crippen LogP) is 2.15. The first-order chi connectivity index (χ1) is 9.50. The fourth-order valence-electron chi connectivity index (χ4n) is 1.93. The number of aryl methyl sites for hydroxylation is 1. The van der Waals surface area contributed by atoms with Gasteiger partial charge in [-0.25, -0.2) is 8.42 Å². The molecule has 0 amide bonds. The zero-order chi connectivity index (χ0) is 16.5. The van der Waals surface area contributed by atoms with Crippen molar-refractivity contribution in [1.82, 2.24) is 4.31 Å². The highest BCUT2D eigenvalue weighted by atomic mass is 32.2. The summed E-state index contributed by atoms with van der Waals surface area (Å²) >= 11 is 0. The van der Waals surface area contributed by atoms with Gasteiger partial charge in [0.05, 0.1) is 9.82 Å². The summed E-state index contributed by atoms with van der Waals surface area (Å²) in [5, 5.41) is 10.9. The fourth-order valence-corrected chi connectivity index (χ4v) is 3.65. The van der Waals surface area contributed by atoms with E-state index in [0.29, 0.717) is 5.56 Å². The quantitative estimate of drug-likeness (QED) is 0.509. The van der Waals surface area contributed by atoms with E-state index in [0.717, 1.165) is 6.07 Å². The molecule has 1 atom stereocenters. The van der Waals surface area contributed by atoms with Crippen LogP contribution in [-0.4, -0.2) is 30.7 Å². The molecule has 0 aliphatic carbocycles. The van der Waals surface area contributed by atoms with Gasteiger partial charge in [-0.1, -0.05) is 13.8 Å². The van der Waals surface area contributed by atoms with Gasteiger partial charge in [-0.15, -0.1) is 0 Å². The SMILES string of the molecule is Cc1cc(N)c([N+](=O)[O-])cc1S(=O)(=O)N(C)C(C)C(C)C. The molecule has 0 bridgehead atoms. The first-order valence-electron chi connectivity index (χ1n) is 6.52. The van der Waals surface area contributed by atoms with Crippen molar-refractivity contribution < 1.29 is 13.3 Å². The maximum Gasteiger partial charge on any atom is 0.293 e. The third-order valence-corrected chi connectivity index (χ3v) is 5.80. The number of nitrogen functional groups attached to an aromatic ring is 1. The Morgan fingerprint density at radius 2 is 1.81 bits per heavy atom. The molecule has 7 nitrogen and oxygen atoms in total. The van der Waals surface area contributed by atoms with Crippen LogP contribution in [0.2, 0.25) is 0 Å². The lowest BCUT2D eigenvalue weighted by atomic mass is 10.1. The van der Waals surface area contributed by atoms with Gasteiger partial charge in [0.15, 0.2) is 0 Å².